The van der Waals surface area contributed by atoms with Crippen molar-refractivity contribution < 1.29 is 142 Å². The number of hydrogen-bond acceptors (Lipinski definition) is 8. The summed E-state index contributed by atoms with van der Waals surface area (Å²) in [6.07, 6.45) is -0.790. The number of carbonyl (C=O) groups excluding carboxylic acids is 4. The van der Waals surface area contributed by atoms with Crippen molar-refractivity contribution in [1.82, 2.24) is 0 Å². The molecule has 0 spiro atoms. The van der Waals surface area contributed by atoms with Crippen molar-refractivity contribution in [3.05, 3.63) is 59.7 Å². The first-order chi connectivity index (χ1) is 12.4. The van der Waals surface area contributed by atoms with Gasteiger partial charge >= 0.3 is 115 Å². The van der Waals surface area contributed by atoms with Crippen LogP contribution in [0.3, 0.4) is 0 Å². The van der Waals surface area contributed by atoms with E-state index in [1.165, 1.54) is 48.5 Å². The molecule has 0 fully saturated rings. The fraction of sp³-hybridized carbons (Fsp3) is 0.111. The molecule has 0 aliphatic carbocycles. The van der Waals surface area contributed by atoms with Gasteiger partial charge < -0.3 is 29.3 Å². The van der Waals surface area contributed by atoms with Crippen LogP contribution >= 0.6 is 0 Å². The minimum atomic E-state index is -1.51. The smallest absolute Gasteiger partial charge is 0.545 e. The zero-order valence-corrected chi connectivity index (χ0v) is 21.5. The van der Waals surface area contributed by atoms with Gasteiger partial charge in [-0.25, -0.2) is 0 Å². The summed E-state index contributed by atoms with van der Waals surface area (Å²) >= 11 is 0. The first kappa shape index (κ1) is 27.6. The molecule has 0 saturated carbocycles. The minimum absolute atomic E-state index is 0. The Labute approximate surface area is 245 Å². The van der Waals surface area contributed by atoms with Gasteiger partial charge in [0.1, 0.15) is 11.5 Å². The number of para-hydroxylation sites is 2. The molecular weight excluding hydrogens is 422 g/mol. The normalized spacial score (nSPS) is 9.29. The summed E-state index contributed by atoms with van der Waals surface area (Å²) in [5.74, 6) is -5.13. The zero-order chi connectivity index (χ0) is 19.1. The summed E-state index contributed by atoms with van der Waals surface area (Å²) in [6.45, 7) is 0. The SMILES string of the molecule is O=C(CCC(=O)Oc1ccccc1C(=O)[O-])Oc1ccccc1C(=O)[O-].[K+].[K+]. The van der Waals surface area contributed by atoms with E-state index in [1.807, 2.05) is 0 Å². The second kappa shape index (κ2) is 13.7. The van der Waals surface area contributed by atoms with Gasteiger partial charge in [-0.1, -0.05) is 24.3 Å². The Hall–Kier alpha value is -0.407. The number of esters is 2. The molecule has 0 bridgehead atoms. The molecule has 0 amide bonds. The van der Waals surface area contributed by atoms with E-state index in [0.717, 1.165) is 0 Å². The fourth-order valence-corrected chi connectivity index (χ4v) is 2.00. The Morgan fingerprint density at radius 1 is 0.643 bits per heavy atom. The molecule has 0 radical (unpaired) electrons. The van der Waals surface area contributed by atoms with Gasteiger partial charge in [0.05, 0.1) is 24.8 Å². The summed E-state index contributed by atoms with van der Waals surface area (Å²) in [5.41, 5.74) is -0.599. The standard InChI is InChI=1S/C18H14O8.2K/c19-15(25-13-7-3-1-5-11(13)17(21)22)9-10-16(20)26-14-8-4-2-6-12(14)18(23)24;;/h1-8H,9-10H2,(H,21,22)(H,23,24);;/q;2*+1/p-2. The molecule has 2 rings (SSSR count). The molecule has 0 atom stereocenters. The molecule has 0 N–H and O–H groups in total. The van der Waals surface area contributed by atoms with Crippen molar-refractivity contribution in [2.45, 2.75) is 12.8 Å². The van der Waals surface area contributed by atoms with Crippen molar-refractivity contribution in [2.75, 3.05) is 0 Å². The molecule has 2 aromatic carbocycles. The van der Waals surface area contributed by atoms with E-state index >= 15 is 0 Å². The Morgan fingerprint density at radius 2 is 0.964 bits per heavy atom. The van der Waals surface area contributed by atoms with Gasteiger partial charge in [-0.15, -0.1) is 0 Å². The molecule has 8 nitrogen and oxygen atoms in total. The number of carboxylic acids is 2. The summed E-state index contributed by atoms with van der Waals surface area (Å²) in [5, 5.41) is 21.9. The van der Waals surface area contributed by atoms with Crippen LogP contribution in [0.1, 0.15) is 33.6 Å². The van der Waals surface area contributed by atoms with E-state index in [-0.39, 0.29) is 125 Å². The van der Waals surface area contributed by atoms with Crippen molar-refractivity contribution in [3.63, 3.8) is 0 Å². The van der Waals surface area contributed by atoms with Crippen LogP contribution in [0, 0.1) is 0 Å². The molecule has 2 aromatic rings. The van der Waals surface area contributed by atoms with E-state index in [9.17, 15) is 29.4 Å². The van der Waals surface area contributed by atoms with Gasteiger partial charge in [-0.05, 0) is 24.3 Å². The van der Waals surface area contributed by atoms with E-state index in [2.05, 4.69) is 0 Å². The molecule has 0 heterocycles. The average molecular weight is 434 g/mol. The van der Waals surface area contributed by atoms with Crippen LogP contribution in [0.4, 0.5) is 0 Å². The van der Waals surface area contributed by atoms with Crippen LogP contribution in [-0.2, 0) is 9.59 Å². The number of ether oxygens (including phenoxy) is 2. The van der Waals surface area contributed by atoms with Gasteiger partial charge in [0.15, 0.2) is 0 Å². The Kier molecular flexibility index (Phi) is 13.5. The first-order valence-electron chi connectivity index (χ1n) is 7.40. The van der Waals surface area contributed by atoms with Crippen molar-refractivity contribution in [2.24, 2.45) is 0 Å². The van der Waals surface area contributed by atoms with Gasteiger partial charge in [0.25, 0.3) is 0 Å². The van der Waals surface area contributed by atoms with Crippen LogP contribution < -0.4 is 122 Å². The quantitative estimate of drug-likeness (QED) is 0.239. The first-order valence-corrected chi connectivity index (χ1v) is 7.40. The van der Waals surface area contributed by atoms with Crippen LogP contribution in [-0.4, -0.2) is 23.9 Å². The van der Waals surface area contributed by atoms with Crippen LogP contribution in [0.15, 0.2) is 48.5 Å². The zero-order valence-electron chi connectivity index (χ0n) is 15.3. The average Bonchev–Trinajstić information content (AvgIpc) is 2.60. The summed E-state index contributed by atoms with van der Waals surface area (Å²) in [6, 6.07) is 10.8. The predicted molar refractivity (Wildman–Crippen MR) is 82.0 cm³/mol. The van der Waals surface area contributed by atoms with Crippen LogP contribution in [0.2, 0.25) is 0 Å². The number of carbonyl (C=O) groups is 4. The number of aromatic carboxylic acids is 2. The number of hydrogen-bond donors (Lipinski definition) is 0. The van der Waals surface area contributed by atoms with Crippen molar-refractivity contribution >= 4 is 23.9 Å². The van der Waals surface area contributed by atoms with E-state index in [4.69, 9.17) is 9.47 Å². The third-order valence-corrected chi connectivity index (χ3v) is 3.19. The minimum Gasteiger partial charge on any atom is -0.545 e. The van der Waals surface area contributed by atoms with Crippen LogP contribution in [0.25, 0.3) is 0 Å². The molecular formula is C18H12K2O8. The van der Waals surface area contributed by atoms with E-state index in [1.54, 1.807) is 0 Å². The molecule has 0 aromatic heterocycles. The van der Waals surface area contributed by atoms with E-state index < -0.39 is 36.7 Å². The van der Waals surface area contributed by atoms with Crippen molar-refractivity contribution in [3.8, 4) is 11.5 Å². The Bertz CT molecular complexity index is 795. The monoisotopic (exact) mass is 434 g/mol. The summed E-state index contributed by atoms with van der Waals surface area (Å²) < 4.78 is 9.80. The molecule has 0 unspecified atom stereocenters. The maximum Gasteiger partial charge on any atom is 1.00 e. The molecule has 28 heavy (non-hydrogen) atoms. The largest absolute Gasteiger partial charge is 1.00 e. The second-order valence-electron chi connectivity index (χ2n) is 5.02. The number of rotatable bonds is 7. The Morgan fingerprint density at radius 3 is 1.29 bits per heavy atom. The molecule has 0 aliphatic rings. The van der Waals surface area contributed by atoms with Crippen LogP contribution in [0.5, 0.6) is 11.5 Å². The van der Waals surface area contributed by atoms with Gasteiger partial charge in [-0.2, -0.15) is 0 Å². The third kappa shape index (κ3) is 8.53. The molecule has 0 aliphatic heterocycles. The molecule has 134 valence electrons. The second-order valence-corrected chi connectivity index (χ2v) is 5.02. The number of carboxylic acid groups (broad SMARTS) is 2. The van der Waals surface area contributed by atoms with Crippen molar-refractivity contribution in [1.29, 1.82) is 0 Å². The maximum atomic E-state index is 11.8. The van der Waals surface area contributed by atoms with Gasteiger partial charge in [-0.3, -0.25) is 9.59 Å². The van der Waals surface area contributed by atoms with Gasteiger partial charge in [0, 0.05) is 11.1 Å². The summed E-state index contributed by atoms with van der Waals surface area (Å²) in [7, 11) is 0. The maximum absolute atomic E-state index is 11.8. The van der Waals surface area contributed by atoms with E-state index in [0.29, 0.717) is 0 Å². The Balaban J connectivity index is 0.00000364. The summed E-state index contributed by atoms with van der Waals surface area (Å²) in [4.78, 5) is 45.4. The fourth-order valence-electron chi connectivity index (χ4n) is 2.00. The molecule has 0 saturated heterocycles. The third-order valence-electron chi connectivity index (χ3n) is 3.19. The predicted octanol–water partition coefficient (Wildman–Crippen LogP) is -6.29. The number of benzene rings is 2. The topological polar surface area (TPSA) is 133 Å². The molecule has 10 heteroatoms. The van der Waals surface area contributed by atoms with Gasteiger partial charge in [0.2, 0.25) is 0 Å².